The first-order valence-electron chi connectivity index (χ1n) is 17.0. The molecule has 3 aliphatic rings. The van der Waals surface area contributed by atoms with E-state index in [4.69, 9.17) is 19.1 Å². The van der Waals surface area contributed by atoms with Gasteiger partial charge in [-0.1, -0.05) is 18.2 Å². The van der Waals surface area contributed by atoms with Gasteiger partial charge >= 0.3 is 5.76 Å². The fourth-order valence-corrected chi connectivity index (χ4v) is 9.17. The Hall–Kier alpha value is -5.50. The number of anilines is 1. The van der Waals surface area contributed by atoms with Crippen LogP contribution in [0.5, 0.6) is 5.75 Å². The molecular weight excluding hydrogens is 694 g/mol. The van der Waals surface area contributed by atoms with Crippen LogP contribution in [-0.2, 0) is 19.3 Å². The summed E-state index contributed by atoms with van der Waals surface area (Å²) in [5, 5.41) is 10.7. The van der Waals surface area contributed by atoms with Crippen molar-refractivity contribution in [2.24, 2.45) is 0 Å². The van der Waals surface area contributed by atoms with Gasteiger partial charge in [-0.2, -0.15) is 0 Å². The normalized spacial score (nSPS) is 19.0. The third-order valence-corrected chi connectivity index (χ3v) is 11.4. The number of rotatable bonds is 8. The number of alkyl halides is 1. The summed E-state index contributed by atoms with van der Waals surface area (Å²) in [6, 6.07) is 12.0. The molecule has 1 fully saturated rings. The Morgan fingerprint density at radius 3 is 2.65 bits per heavy atom. The number of hydrogen-bond donors (Lipinski definition) is 2. The molecule has 10 nitrogen and oxygen atoms in total. The Balaban J connectivity index is 1.22. The molecule has 264 valence electrons. The summed E-state index contributed by atoms with van der Waals surface area (Å²) in [5.74, 6) is -1.32. The highest BCUT2D eigenvalue weighted by Crippen LogP contribution is 2.51. The first-order valence-corrected chi connectivity index (χ1v) is 17.9. The zero-order valence-electron chi connectivity index (χ0n) is 28.1. The van der Waals surface area contributed by atoms with Crippen LogP contribution in [0.1, 0.15) is 69.1 Å². The van der Waals surface area contributed by atoms with Crippen LogP contribution in [0.4, 0.5) is 19.0 Å². The Labute approximate surface area is 298 Å². The molecule has 6 aromatic rings. The highest BCUT2D eigenvalue weighted by Gasteiger charge is 2.45. The maximum Gasteiger partial charge on any atom is 0.434 e. The number of carbonyl (C=O) groups excluding carboxylic acids is 1. The number of carbonyl (C=O) groups is 1. The minimum absolute atomic E-state index is 0.00149. The number of aromatic nitrogens is 4. The predicted molar refractivity (Wildman–Crippen MR) is 188 cm³/mol. The fourth-order valence-electron chi connectivity index (χ4n) is 8.02. The molecule has 0 saturated carbocycles. The van der Waals surface area contributed by atoms with Crippen molar-refractivity contribution in [3.05, 3.63) is 110 Å². The van der Waals surface area contributed by atoms with Crippen LogP contribution in [-0.4, -0.2) is 50.8 Å². The molecule has 1 aliphatic carbocycles. The first kappa shape index (κ1) is 32.4. The number of methoxy groups -OCH3 is 1. The number of halogens is 3. The number of amides is 1. The van der Waals surface area contributed by atoms with Crippen LogP contribution in [0.2, 0.25) is 0 Å². The summed E-state index contributed by atoms with van der Waals surface area (Å²) in [7, 11) is 1.37. The minimum atomic E-state index is -1.37. The van der Waals surface area contributed by atoms with Gasteiger partial charge in [-0.15, -0.1) is 16.4 Å². The van der Waals surface area contributed by atoms with Gasteiger partial charge in [0.25, 0.3) is 11.8 Å². The maximum absolute atomic E-state index is 15.7. The van der Waals surface area contributed by atoms with E-state index in [1.807, 2.05) is 24.0 Å². The molecule has 2 N–H and O–H groups in total. The molecule has 4 aromatic heterocycles. The summed E-state index contributed by atoms with van der Waals surface area (Å²) in [4.78, 5) is 39.0. The summed E-state index contributed by atoms with van der Waals surface area (Å²) < 4.78 is 55.5. The van der Waals surface area contributed by atoms with Crippen molar-refractivity contribution >= 4 is 33.1 Å². The average molecular weight is 725 g/mol. The lowest BCUT2D eigenvalue weighted by molar-refractivity contribution is 0.0776. The molecule has 9 rings (SSSR count). The van der Waals surface area contributed by atoms with Crippen molar-refractivity contribution in [2.75, 3.05) is 19.0 Å². The molecule has 0 bridgehead atoms. The van der Waals surface area contributed by atoms with E-state index in [2.05, 4.69) is 15.5 Å². The second kappa shape index (κ2) is 12.3. The largest absolute Gasteiger partial charge is 0.493 e. The molecule has 0 spiro atoms. The molecule has 1 saturated heterocycles. The van der Waals surface area contributed by atoms with Crippen LogP contribution in [0.15, 0.2) is 57.7 Å². The van der Waals surface area contributed by atoms with E-state index < -0.39 is 23.8 Å². The van der Waals surface area contributed by atoms with Crippen LogP contribution >= 0.6 is 11.3 Å². The molecule has 2 aromatic carbocycles. The molecule has 52 heavy (non-hydrogen) atoms. The lowest BCUT2D eigenvalue weighted by atomic mass is 9.93. The van der Waals surface area contributed by atoms with Crippen LogP contribution < -0.4 is 15.8 Å². The SMILES string of the molecule is COc1c(F)ccc2c1C[C@H](F)[C@H]2Nc1nc(C)cc2cc(-c3c4c(nc(CCc5ccc(F)cc5)c3-c3n[nH]c(=O)o3)[C@@H]3CCCN3C4=O)sc12. The molecule has 6 heterocycles. The van der Waals surface area contributed by atoms with Gasteiger partial charge in [0.2, 0.25) is 0 Å². The van der Waals surface area contributed by atoms with Crippen molar-refractivity contribution in [3.8, 4) is 27.6 Å². The lowest BCUT2D eigenvalue weighted by Gasteiger charge is -2.18. The van der Waals surface area contributed by atoms with Crippen LogP contribution in [0, 0.1) is 18.6 Å². The highest BCUT2D eigenvalue weighted by atomic mass is 32.1. The topological polar surface area (TPSA) is 126 Å². The number of aryl methyl sites for hydroxylation is 3. The number of benzene rings is 2. The number of nitrogens with one attached hydrogen (secondary N) is 2. The van der Waals surface area contributed by atoms with Gasteiger partial charge in [-0.3, -0.25) is 9.78 Å². The second-order valence-corrected chi connectivity index (χ2v) is 14.5. The summed E-state index contributed by atoms with van der Waals surface area (Å²) >= 11 is 1.37. The number of thiophene rings is 1. The number of aromatic amines is 1. The van der Waals surface area contributed by atoms with Gasteiger partial charge in [-0.05, 0) is 79.5 Å². The van der Waals surface area contributed by atoms with E-state index in [-0.39, 0.29) is 35.8 Å². The number of pyridine rings is 2. The number of H-pyrrole nitrogens is 1. The molecule has 3 atom stereocenters. The molecule has 14 heteroatoms. The lowest BCUT2D eigenvalue weighted by Crippen LogP contribution is -2.22. The highest BCUT2D eigenvalue weighted by molar-refractivity contribution is 7.23. The molecular formula is C38H31F3N6O4S. The Kier molecular flexibility index (Phi) is 7.68. The van der Waals surface area contributed by atoms with Gasteiger partial charge in [0, 0.05) is 34.7 Å². The Morgan fingerprint density at radius 2 is 1.88 bits per heavy atom. The standard InChI is InChI=1S/C38H31F3N6O4S/c1-17-14-19-15-27(52-34(19)35(42-17)44-31-21-10-11-23(40)33(50-2)22(21)16-24(31)41)29-28(36-45-46-38(49)51-36)25(12-7-18-5-8-20(39)9-6-18)43-32-26-4-3-13-47(26)37(48)30(29)32/h5-6,8-11,14-15,24,26,31H,3-4,7,12-13,16H2,1-2H3,(H,42,44)(H,46,49)/t24-,26-,31-/m0/s1. The molecule has 0 unspecified atom stereocenters. The monoisotopic (exact) mass is 724 g/mol. The van der Waals surface area contributed by atoms with Gasteiger partial charge in [0.15, 0.2) is 11.6 Å². The smallest absolute Gasteiger partial charge is 0.434 e. The Bertz CT molecular complexity index is 2480. The number of fused-ring (bicyclic) bond motifs is 5. The summed E-state index contributed by atoms with van der Waals surface area (Å²) in [6.07, 6.45) is 1.14. The third kappa shape index (κ3) is 5.18. The van der Waals surface area contributed by atoms with E-state index in [0.717, 1.165) is 23.8 Å². The molecule has 0 radical (unpaired) electrons. The van der Waals surface area contributed by atoms with E-state index in [0.29, 0.717) is 79.7 Å². The number of hydrogen-bond acceptors (Lipinski definition) is 9. The van der Waals surface area contributed by atoms with Crippen molar-refractivity contribution in [1.82, 2.24) is 25.1 Å². The predicted octanol–water partition coefficient (Wildman–Crippen LogP) is 7.42. The zero-order chi connectivity index (χ0) is 35.8. The number of ether oxygens (including phenoxy) is 1. The van der Waals surface area contributed by atoms with E-state index in [9.17, 15) is 18.4 Å². The second-order valence-electron chi connectivity index (χ2n) is 13.4. The van der Waals surface area contributed by atoms with Gasteiger partial charge < -0.3 is 19.4 Å². The van der Waals surface area contributed by atoms with Crippen LogP contribution in [0.3, 0.4) is 0 Å². The number of nitrogens with zero attached hydrogens (tertiary/aromatic N) is 4. The average Bonchev–Trinajstić information content (AvgIpc) is 3.96. The summed E-state index contributed by atoms with van der Waals surface area (Å²) in [5.41, 5.74) is 5.30. The quantitative estimate of drug-likeness (QED) is 0.166. The van der Waals surface area contributed by atoms with Crippen molar-refractivity contribution in [3.63, 3.8) is 0 Å². The Morgan fingerprint density at radius 1 is 1.06 bits per heavy atom. The third-order valence-electron chi connectivity index (χ3n) is 10.3. The van der Waals surface area contributed by atoms with Gasteiger partial charge in [-0.25, -0.2) is 28.0 Å². The van der Waals surface area contributed by atoms with Crippen molar-refractivity contribution in [2.45, 2.75) is 57.3 Å². The maximum atomic E-state index is 15.7. The first-order chi connectivity index (χ1) is 25.2. The van der Waals surface area contributed by atoms with Crippen molar-refractivity contribution < 1.29 is 27.1 Å². The zero-order valence-corrected chi connectivity index (χ0v) is 28.9. The fraction of sp³-hybridized carbons (Fsp3) is 0.289. The van der Waals surface area contributed by atoms with Gasteiger partial charge in [0.05, 0.1) is 46.4 Å². The minimum Gasteiger partial charge on any atom is -0.493 e. The van der Waals surface area contributed by atoms with E-state index in [1.54, 1.807) is 18.2 Å². The van der Waals surface area contributed by atoms with E-state index >= 15 is 4.39 Å². The van der Waals surface area contributed by atoms with Gasteiger partial charge in [0.1, 0.15) is 17.8 Å². The molecule has 2 aliphatic heterocycles. The van der Waals surface area contributed by atoms with E-state index in [1.165, 1.54) is 36.6 Å². The van der Waals surface area contributed by atoms with Crippen LogP contribution in [0.25, 0.3) is 32.0 Å². The summed E-state index contributed by atoms with van der Waals surface area (Å²) in [6.45, 7) is 2.44. The molecule has 1 amide bonds. The van der Waals surface area contributed by atoms with Crippen molar-refractivity contribution in [1.29, 1.82) is 0 Å².